The van der Waals surface area contributed by atoms with Gasteiger partial charge in [0.05, 0.1) is 12.3 Å². The van der Waals surface area contributed by atoms with Gasteiger partial charge in [0.25, 0.3) is 0 Å². The monoisotopic (exact) mass is 298 g/mol. The zero-order valence-electron chi connectivity index (χ0n) is 10.0. The Hall–Kier alpha value is -0.690. The molecular weight excluding hydrogens is 284 g/mol. The third-order valence-electron chi connectivity index (χ3n) is 2.19. The predicted molar refractivity (Wildman–Crippen MR) is 79.5 cm³/mol. The van der Waals surface area contributed by atoms with Crippen LogP contribution in [0.4, 0.5) is 0 Å². The lowest BCUT2D eigenvalue weighted by Crippen LogP contribution is -1.97. The number of nitrogens with zero attached hydrogens (tertiary/aromatic N) is 2. The third kappa shape index (κ3) is 3.65. The minimum Gasteiger partial charge on any atom is -0.381 e. The van der Waals surface area contributed by atoms with Gasteiger partial charge in [0.2, 0.25) is 0 Å². The van der Waals surface area contributed by atoms with Crippen molar-refractivity contribution < 1.29 is 4.74 Å². The molecule has 1 aromatic heterocycles. The van der Waals surface area contributed by atoms with Crippen molar-refractivity contribution in [2.75, 3.05) is 19.0 Å². The highest BCUT2D eigenvalue weighted by molar-refractivity contribution is 8.01. The Morgan fingerprint density at radius 2 is 2.17 bits per heavy atom. The summed E-state index contributed by atoms with van der Waals surface area (Å²) in [6.07, 6.45) is 0. The van der Waals surface area contributed by atoms with E-state index in [1.54, 1.807) is 23.1 Å². The molecule has 3 nitrogen and oxygen atoms in total. The summed E-state index contributed by atoms with van der Waals surface area (Å²) in [4.78, 5) is 0. The van der Waals surface area contributed by atoms with Crippen LogP contribution in [0.3, 0.4) is 0 Å². The molecule has 0 bridgehead atoms. The SMILES string of the molecule is CCOCCSc1nn(-c2ccccc2)c(=S)s1. The molecule has 0 spiro atoms. The van der Waals surface area contributed by atoms with Gasteiger partial charge in [-0.3, -0.25) is 0 Å². The molecule has 0 aliphatic rings. The van der Waals surface area contributed by atoms with Gasteiger partial charge in [0.15, 0.2) is 8.29 Å². The van der Waals surface area contributed by atoms with Gasteiger partial charge < -0.3 is 4.74 Å². The van der Waals surface area contributed by atoms with Gasteiger partial charge in [-0.25, -0.2) is 4.68 Å². The van der Waals surface area contributed by atoms with E-state index in [9.17, 15) is 0 Å². The van der Waals surface area contributed by atoms with Crippen molar-refractivity contribution in [1.29, 1.82) is 0 Å². The van der Waals surface area contributed by atoms with Crippen LogP contribution >= 0.6 is 35.3 Å². The van der Waals surface area contributed by atoms with Crippen LogP contribution in [-0.2, 0) is 4.74 Å². The van der Waals surface area contributed by atoms with Gasteiger partial charge in [-0.15, -0.1) is 5.10 Å². The lowest BCUT2D eigenvalue weighted by atomic mass is 10.3. The van der Waals surface area contributed by atoms with Crippen LogP contribution < -0.4 is 0 Å². The third-order valence-corrected chi connectivity index (χ3v) is 4.52. The van der Waals surface area contributed by atoms with E-state index < -0.39 is 0 Å². The average molecular weight is 298 g/mol. The first kappa shape index (κ1) is 13.7. The summed E-state index contributed by atoms with van der Waals surface area (Å²) < 4.78 is 8.88. The molecule has 0 N–H and O–H groups in total. The maximum absolute atomic E-state index is 5.33. The Labute approximate surface area is 120 Å². The van der Waals surface area contributed by atoms with Crippen molar-refractivity contribution in [1.82, 2.24) is 9.78 Å². The molecule has 6 heteroatoms. The quantitative estimate of drug-likeness (QED) is 0.460. The zero-order valence-corrected chi connectivity index (χ0v) is 12.5. The van der Waals surface area contributed by atoms with Gasteiger partial charge in [-0.2, -0.15) is 0 Å². The minimum absolute atomic E-state index is 0.749. The van der Waals surface area contributed by atoms with Gasteiger partial charge in [-0.1, -0.05) is 41.3 Å². The number of benzene rings is 1. The Bertz CT molecular complexity index is 536. The van der Waals surface area contributed by atoms with Gasteiger partial charge >= 0.3 is 0 Å². The summed E-state index contributed by atoms with van der Waals surface area (Å²) in [5, 5.41) is 4.52. The van der Waals surface area contributed by atoms with Gasteiger partial charge in [-0.05, 0) is 31.3 Å². The second-order valence-corrected chi connectivity index (χ2v) is 6.39. The number of rotatable bonds is 6. The van der Waals surface area contributed by atoms with Crippen molar-refractivity contribution in [3.63, 3.8) is 0 Å². The molecule has 0 saturated carbocycles. The summed E-state index contributed by atoms with van der Waals surface area (Å²) in [5.74, 6) is 0.908. The van der Waals surface area contributed by atoms with Gasteiger partial charge in [0.1, 0.15) is 0 Å². The van der Waals surface area contributed by atoms with Crippen LogP contribution in [0, 0.1) is 3.95 Å². The standard InChI is InChI=1S/C12H14N2OS3/c1-2-15-8-9-17-11-13-14(12(16)18-11)10-6-4-3-5-7-10/h3-7H,2,8-9H2,1H3. The molecule has 0 aliphatic carbocycles. The maximum Gasteiger partial charge on any atom is 0.184 e. The largest absolute Gasteiger partial charge is 0.381 e. The zero-order chi connectivity index (χ0) is 12.8. The molecule has 0 saturated heterocycles. The fourth-order valence-corrected chi connectivity index (χ4v) is 3.67. The summed E-state index contributed by atoms with van der Waals surface area (Å²) in [5.41, 5.74) is 1.01. The van der Waals surface area contributed by atoms with Crippen molar-refractivity contribution >= 4 is 35.3 Å². The average Bonchev–Trinajstić information content (AvgIpc) is 2.77. The van der Waals surface area contributed by atoms with E-state index in [0.29, 0.717) is 0 Å². The molecule has 0 aliphatic heterocycles. The lowest BCUT2D eigenvalue weighted by molar-refractivity contribution is 0.164. The molecule has 0 unspecified atom stereocenters. The van der Waals surface area contributed by atoms with Crippen LogP contribution in [-0.4, -0.2) is 28.7 Å². The van der Waals surface area contributed by atoms with Crippen LogP contribution in [0.1, 0.15) is 6.92 Å². The van der Waals surface area contributed by atoms with E-state index in [2.05, 4.69) is 5.10 Å². The topological polar surface area (TPSA) is 27.1 Å². The number of hydrogen-bond donors (Lipinski definition) is 0. The minimum atomic E-state index is 0.749. The molecule has 1 aromatic carbocycles. The van der Waals surface area contributed by atoms with Crippen LogP contribution in [0.25, 0.3) is 5.69 Å². The first-order valence-corrected chi connectivity index (χ1v) is 7.88. The molecule has 1 heterocycles. The fourth-order valence-electron chi connectivity index (χ4n) is 1.38. The molecule has 2 rings (SSSR count). The van der Waals surface area contributed by atoms with Crippen molar-refractivity contribution in [2.24, 2.45) is 0 Å². The molecule has 18 heavy (non-hydrogen) atoms. The van der Waals surface area contributed by atoms with Crippen LogP contribution in [0.2, 0.25) is 0 Å². The van der Waals surface area contributed by atoms with E-state index in [-0.39, 0.29) is 0 Å². The van der Waals surface area contributed by atoms with Crippen molar-refractivity contribution in [2.45, 2.75) is 11.3 Å². The van der Waals surface area contributed by atoms with Crippen molar-refractivity contribution in [3.05, 3.63) is 34.3 Å². The summed E-state index contributed by atoms with van der Waals surface area (Å²) in [6.45, 7) is 3.51. The smallest absolute Gasteiger partial charge is 0.184 e. The summed E-state index contributed by atoms with van der Waals surface area (Å²) in [7, 11) is 0. The van der Waals surface area contributed by atoms with E-state index >= 15 is 0 Å². The summed E-state index contributed by atoms with van der Waals surface area (Å²) in [6, 6.07) is 9.96. The van der Waals surface area contributed by atoms with E-state index in [1.165, 1.54) is 0 Å². The van der Waals surface area contributed by atoms with Crippen LogP contribution in [0.5, 0.6) is 0 Å². The normalized spacial score (nSPS) is 10.7. The highest BCUT2D eigenvalue weighted by Crippen LogP contribution is 2.23. The number of thioether (sulfide) groups is 1. The number of ether oxygens (including phenoxy) is 1. The van der Waals surface area contributed by atoms with Crippen molar-refractivity contribution in [3.8, 4) is 5.69 Å². The number of hydrogen-bond acceptors (Lipinski definition) is 5. The maximum atomic E-state index is 5.33. The number of para-hydroxylation sites is 1. The Morgan fingerprint density at radius 1 is 1.39 bits per heavy atom. The second-order valence-electron chi connectivity index (χ2n) is 3.43. The number of aromatic nitrogens is 2. The highest BCUT2D eigenvalue weighted by Gasteiger charge is 2.05. The Morgan fingerprint density at radius 3 is 2.89 bits per heavy atom. The van der Waals surface area contributed by atoms with E-state index in [0.717, 1.165) is 32.9 Å². The molecule has 0 atom stereocenters. The second kappa shape index (κ2) is 7.04. The Kier molecular flexibility index (Phi) is 5.37. The molecular formula is C12H14N2OS3. The fraction of sp³-hybridized carbons (Fsp3) is 0.333. The van der Waals surface area contributed by atoms with Gasteiger partial charge in [0, 0.05) is 12.4 Å². The molecule has 0 fully saturated rings. The van der Waals surface area contributed by atoms with E-state index in [1.807, 2.05) is 41.9 Å². The van der Waals surface area contributed by atoms with Crippen LogP contribution in [0.15, 0.2) is 34.7 Å². The summed E-state index contributed by atoms with van der Waals surface area (Å²) >= 11 is 8.56. The predicted octanol–water partition coefficient (Wildman–Crippen LogP) is 3.79. The lowest BCUT2D eigenvalue weighted by Gasteiger charge is -1.99. The molecule has 96 valence electrons. The van der Waals surface area contributed by atoms with E-state index in [4.69, 9.17) is 17.0 Å². The first-order valence-electron chi connectivity index (χ1n) is 5.67. The first-order chi connectivity index (χ1) is 8.81. The molecule has 2 aromatic rings. The Balaban J connectivity index is 2.06. The highest BCUT2D eigenvalue weighted by atomic mass is 32.2. The molecule has 0 amide bonds. The molecule has 0 radical (unpaired) electrons.